The Bertz CT molecular complexity index is 691. The molecule has 1 amide bonds. The zero-order valence-electron chi connectivity index (χ0n) is 11.8. The third-order valence-corrected chi connectivity index (χ3v) is 5.10. The maximum Gasteiger partial charge on any atom is 0.255 e. The molecule has 0 unspecified atom stereocenters. The van der Waals surface area contributed by atoms with Gasteiger partial charge in [-0.05, 0) is 30.5 Å². The Balaban J connectivity index is 1.99. The Morgan fingerprint density at radius 1 is 1.45 bits per heavy atom. The molecule has 2 rings (SSSR count). The summed E-state index contributed by atoms with van der Waals surface area (Å²) in [5.41, 5.74) is 0.362. The standard InChI is InChI=1S/C14H16Cl2N2O3S/c1-2-22(20,21)17-8-10-5-6-18(9-10)14(19)12-7-11(15)3-4-13(12)16/h2-4,7,10,17H,1,5-6,8-9H2/t10-/m1/s1. The summed E-state index contributed by atoms with van der Waals surface area (Å²) in [6.07, 6.45) is 0.726. The second-order valence-electron chi connectivity index (χ2n) is 5.09. The summed E-state index contributed by atoms with van der Waals surface area (Å²) in [6, 6.07) is 4.75. The number of nitrogens with one attached hydrogen (secondary N) is 1. The lowest BCUT2D eigenvalue weighted by atomic mass is 10.1. The molecule has 1 aromatic carbocycles. The van der Waals surface area contributed by atoms with E-state index in [2.05, 4.69) is 11.3 Å². The van der Waals surface area contributed by atoms with E-state index in [0.29, 0.717) is 28.7 Å². The molecule has 120 valence electrons. The molecule has 0 bridgehead atoms. The number of sulfonamides is 1. The maximum atomic E-state index is 12.5. The zero-order valence-corrected chi connectivity index (χ0v) is 14.1. The molecule has 5 nitrogen and oxygen atoms in total. The van der Waals surface area contributed by atoms with E-state index in [-0.39, 0.29) is 18.4 Å². The van der Waals surface area contributed by atoms with E-state index in [1.807, 2.05) is 0 Å². The van der Waals surface area contributed by atoms with Crippen LogP contribution in [0.25, 0.3) is 0 Å². The number of likely N-dealkylation sites (tertiary alicyclic amines) is 1. The Labute approximate surface area is 139 Å². The van der Waals surface area contributed by atoms with Crippen molar-refractivity contribution in [2.75, 3.05) is 19.6 Å². The third kappa shape index (κ3) is 4.23. The van der Waals surface area contributed by atoms with Crippen molar-refractivity contribution >= 4 is 39.1 Å². The molecular formula is C14H16Cl2N2O3S. The van der Waals surface area contributed by atoms with Gasteiger partial charge in [-0.1, -0.05) is 29.8 Å². The van der Waals surface area contributed by atoms with Gasteiger partial charge in [0.05, 0.1) is 10.6 Å². The molecule has 1 aliphatic heterocycles. The van der Waals surface area contributed by atoms with Crippen LogP contribution in [-0.4, -0.2) is 38.9 Å². The van der Waals surface area contributed by atoms with E-state index in [1.165, 1.54) is 0 Å². The van der Waals surface area contributed by atoms with Gasteiger partial charge in [0.2, 0.25) is 10.0 Å². The zero-order chi connectivity index (χ0) is 16.3. The predicted octanol–water partition coefficient (Wildman–Crippen LogP) is 2.52. The van der Waals surface area contributed by atoms with Gasteiger partial charge in [0.25, 0.3) is 5.91 Å². The minimum atomic E-state index is -3.44. The van der Waals surface area contributed by atoms with Gasteiger partial charge in [-0.2, -0.15) is 0 Å². The first-order valence-corrected chi connectivity index (χ1v) is 8.99. The summed E-state index contributed by atoms with van der Waals surface area (Å²) >= 11 is 11.9. The average molecular weight is 363 g/mol. The first-order valence-electron chi connectivity index (χ1n) is 6.69. The van der Waals surface area contributed by atoms with Crippen LogP contribution in [0.2, 0.25) is 10.0 Å². The molecular weight excluding hydrogens is 347 g/mol. The number of benzene rings is 1. The van der Waals surface area contributed by atoms with E-state index in [4.69, 9.17) is 23.2 Å². The first kappa shape index (κ1) is 17.3. The molecule has 1 fully saturated rings. The number of rotatable bonds is 5. The topological polar surface area (TPSA) is 66.5 Å². The van der Waals surface area contributed by atoms with Gasteiger partial charge >= 0.3 is 0 Å². The summed E-state index contributed by atoms with van der Waals surface area (Å²) < 4.78 is 25.1. The van der Waals surface area contributed by atoms with Crippen molar-refractivity contribution in [3.63, 3.8) is 0 Å². The number of halogens is 2. The molecule has 1 saturated heterocycles. The molecule has 1 heterocycles. The van der Waals surface area contributed by atoms with E-state index in [1.54, 1.807) is 23.1 Å². The number of amides is 1. The molecule has 0 aliphatic carbocycles. The molecule has 1 N–H and O–H groups in total. The highest BCUT2D eigenvalue weighted by Gasteiger charge is 2.28. The molecule has 1 aliphatic rings. The molecule has 1 atom stereocenters. The van der Waals surface area contributed by atoms with Crippen LogP contribution in [0.5, 0.6) is 0 Å². The highest BCUT2D eigenvalue weighted by molar-refractivity contribution is 7.92. The Hall–Kier alpha value is -1.08. The minimum Gasteiger partial charge on any atom is -0.338 e. The van der Waals surface area contributed by atoms with E-state index < -0.39 is 10.0 Å². The van der Waals surface area contributed by atoms with E-state index >= 15 is 0 Å². The van der Waals surface area contributed by atoms with Crippen LogP contribution in [0.3, 0.4) is 0 Å². The van der Waals surface area contributed by atoms with Gasteiger partial charge in [-0.15, -0.1) is 0 Å². The second-order valence-corrected chi connectivity index (χ2v) is 7.65. The van der Waals surface area contributed by atoms with Crippen molar-refractivity contribution in [3.8, 4) is 0 Å². The molecule has 8 heteroatoms. The second kappa shape index (κ2) is 7.00. The van der Waals surface area contributed by atoms with Crippen LogP contribution in [-0.2, 0) is 10.0 Å². The molecule has 22 heavy (non-hydrogen) atoms. The lowest BCUT2D eigenvalue weighted by molar-refractivity contribution is 0.0787. The number of carbonyl (C=O) groups excluding carboxylic acids is 1. The van der Waals surface area contributed by atoms with Crippen molar-refractivity contribution in [1.82, 2.24) is 9.62 Å². The van der Waals surface area contributed by atoms with Gasteiger partial charge in [0.1, 0.15) is 0 Å². The van der Waals surface area contributed by atoms with Gasteiger partial charge in [-0.25, -0.2) is 13.1 Å². The van der Waals surface area contributed by atoms with Crippen LogP contribution < -0.4 is 4.72 Å². The van der Waals surface area contributed by atoms with E-state index in [9.17, 15) is 13.2 Å². The maximum absolute atomic E-state index is 12.5. The summed E-state index contributed by atoms with van der Waals surface area (Å²) in [6.45, 7) is 4.55. The van der Waals surface area contributed by atoms with Crippen LogP contribution in [0, 0.1) is 5.92 Å². The molecule has 1 aromatic rings. The highest BCUT2D eigenvalue weighted by atomic mass is 35.5. The number of nitrogens with zero attached hydrogens (tertiary/aromatic N) is 1. The predicted molar refractivity (Wildman–Crippen MR) is 87.6 cm³/mol. The fourth-order valence-corrected chi connectivity index (χ4v) is 3.26. The summed E-state index contributed by atoms with van der Waals surface area (Å²) in [4.78, 5) is 14.1. The quantitative estimate of drug-likeness (QED) is 0.874. The van der Waals surface area contributed by atoms with Crippen molar-refractivity contribution < 1.29 is 13.2 Å². The van der Waals surface area contributed by atoms with Crippen LogP contribution >= 0.6 is 23.2 Å². The highest BCUT2D eigenvalue weighted by Crippen LogP contribution is 2.25. The normalized spacial score (nSPS) is 18.5. The number of hydrogen-bond donors (Lipinski definition) is 1. The lowest BCUT2D eigenvalue weighted by Gasteiger charge is -2.17. The van der Waals surface area contributed by atoms with Crippen LogP contribution in [0.1, 0.15) is 16.8 Å². The minimum absolute atomic E-state index is 0.0663. The molecule has 0 spiro atoms. The first-order chi connectivity index (χ1) is 10.3. The Kier molecular flexibility index (Phi) is 5.50. The average Bonchev–Trinajstić information content (AvgIpc) is 2.96. The fourth-order valence-electron chi connectivity index (χ4n) is 2.31. The van der Waals surface area contributed by atoms with E-state index in [0.717, 1.165) is 11.8 Å². The summed E-state index contributed by atoms with van der Waals surface area (Å²) in [7, 11) is -3.44. The molecule has 0 saturated carbocycles. The molecule has 0 aromatic heterocycles. The smallest absolute Gasteiger partial charge is 0.255 e. The largest absolute Gasteiger partial charge is 0.338 e. The van der Waals surface area contributed by atoms with Gasteiger partial charge in [0, 0.05) is 30.1 Å². The summed E-state index contributed by atoms with van der Waals surface area (Å²) in [5, 5.41) is 1.67. The van der Waals surface area contributed by atoms with Crippen LogP contribution in [0.4, 0.5) is 0 Å². The Morgan fingerprint density at radius 3 is 2.86 bits per heavy atom. The van der Waals surface area contributed by atoms with Gasteiger partial charge in [-0.3, -0.25) is 4.79 Å². The third-order valence-electron chi connectivity index (χ3n) is 3.52. The van der Waals surface area contributed by atoms with Crippen molar-refractivity contribution in [1.29, 1.82) is 0 Å². The fraction of sp³-hybridized carbons (Fsp3) is 0.357. The van der Waals surface area contributed by atoms with Crippen molar-refractivity contribution in [3.05, 3.63) is 45.8 Å². The lowest BCUT2D eigenvalue weighted by Crippen LogP contribution is -2.32. The molecule has 0 radical (unpaired) electrons. The van der Waals surface area contributed by atoms with Crippen molar-refractivity contribution in [2.45, 2.75) is 6.42 Å². The van der Waals surface area contributed by atoms with Gasteiger partial charge < -0.3 is 4.90 Å². The van der Waals surface area contributed by atoms with Crippen LogP contribution in [0.15, 0.2) is 30.2 Å². The van der Waals surface area contributed by atoms with Crippen molar-refractivity contribution in [2.24, 2.45) is 5.92 Å². The SMILES string of the molecule is C=CS(=O)(=O)NC[C@H]1CCN(C(=O)c2cc(Cl)ccc2Cl)C1. The number of carbonyl (C=O) groups is 1. The Morgan fingerprint density at radius 2 is 2.18 bits per heavy atom. The number of hydrogen-bond acceptors (Lipinski definition) is 3. The summed E-state index contributed by atoms with van der Waals surface area (Å²) in [5.74, 6) is -0.127. The van der Waals surface area contributed by atoms with Gasteiger partial charge in [0.15, 0.2) is 0 Å². The monoisotopic (exact) mass is 362 g/mol.